The van der Waals surface area contributed by atoms with Crippen LogP contribution in [0.4, 0.5) is 11.4 Å². The number of sulfonamides is 1. The van der Waals surface area contributed by atoms with Crippen LogP contribution in [0.2, 0.25) is 5.02 Å². The molecule has 2 aromatic carbocycles. The number of carbonyl (C=O) groups excluding carboxylic acids is 1. The SMILES string of the molecule is CC[C@@H](C(=O)N1CCCc2ccccc21)N(c1ccc(Cl)cc1)S(C)(=O)=O. The molecule has 7 heteroatoms. The second-order valence-electron chi connectivity index (χ2n) is 6.68. The van der Waals surface area contributed by atoms with Crippen LogP contribution in [0.1, 0.15) is 25.3 Å². The van der Waals surface area contributed by atoms with E-state index in [9.17, 15) is 13.2 Å². The van der Waals surface area contributed by atoms with Gasteiger partial charge in [0, 0.05) is 17.3 Å². The van der Waals surface area contributed by atoms with Gasteiger partial charge >= 0.3 is 0 Å². The van der Waals surface area contributed by atoms with Gasteiger partial charge in [0.1, 0.15) is 6.04 Å². The highest BCUT2D eigenvalue weighted by Crippen LogP contribution is 2.30. The summed E-state index contributed by atoms with van der Waals surface area (Å²) in [5.41, 5.74) is 2.42. The van der Waals surface area contributed by atoms with E-state index >= 15 is 0 Å². The quantitative estimate of drug-likeness (QED) is 0.757. The molecule has 1 amide bonds. The van der Waals surface area contributed by atoms with Crippen LogP contribution in [0.15, 0.2) is 48.5 Å². The molecular weight excluding hydrogens is 384 g/mol. The highest BCUT2D eigenvalue weighted by Gasteiger charge is 2.35. The van der Waals surface area contributed by atoms with Gasteiger partial charge in [-0.2, -0.15) is 0 Å². The smallest absolute Gasteiger partial charge is 0.250 e. The minimum absolute atomic E-state index is 0.204. The molecule has 0 aliphatic carbocycles. The normalized spacial score (nSPS) is 15.1. The largest absolute Gasteiger partial charge is 0.310 e. The summed E-state index contributed by atoms with van der Waals surface area (Å²) in [6.45, 7) is 2.41. The predicted molar refractivity (Wildman–Crippen MR) is 110 cm³/mol. The average molecular weight is 407 g/mol. The van der Waals surface area contributed by atoms with E-state index < -0.39 is 16.1 Å². The number of anilines is 2. The van der Waals surface area contributed by atoms with Gasteiger partial charge in [-0.1, -0.05) is 36.7 Å². The van der Waals surface area contributed by atoms with E-state index in [0.717, 1.165) is 30.3 Å². The zero-order valence-electron chi connectivity index (χ0n) is 15.4. The second kappa shape index (κ2) is 7.90. The Morgan fingerprint density at radius 2 is 1.85 bits per heavy atom. The number of aryl methyl sites for hydroxylation is 1. The van der Waals surface area contributed by atoms with E-state index in [4.69, 9.17) is 11.6 Å². The maximum Gasteiger partial charge on any atom is 0.250 e. The van der Waals surface area contributed by atoms with Crippen molar-refractivity contribution in [2.45, 2.75) is 32.2 Å². The number of benzene rings is 2. The average Bonchev–Trinajstić information content (AvgIpc) is 2.65. The number of carbonyl (C=O) groups is 1. The molecule has 1 aliphatic heterocycles. The Kier molecular flexibility index (Phi) is 5.77. The highest BCUT2D eigenvalue weighted by atomic mass is 35.5. The van der Waals surface area contributed by atoms with E-state index in [1.165, 1.54) is 4.31 Å². The third-order valence-corrected chi connectivity index (χ3v) is 6.20. The molecule has 144 valence electrons. The molecule has 0 fully saturated rings. The molecule has 27 heavy (non-hydrogen) atoms. The second-order valence-corrected chi connectivity index (χ2v) is 8.98. The van der Waals surface area contributed by atoms with Crippen LogP contribution in [0, 0.1) is 0 Å². The van der Waals surface area contributed by atoms with E-state index in [-0.39, 0.29) is 5.91 Å². The van der Waals surface area contributed by atoms with Crippen LogP contribution in [-0.2, 0) is 21.2 Å². The number of amides is 1. The summed E-state index contributed by atoms with van der Waals surface area (Å²) in [5.74, 6) is -0.204. The van der Waals surface area contributed by atoms with Crippen molar-refractivity contribution in [3.8, 4) is 0 Å². The van der Waals surface area contributed by atoms with Gasteiger partial charge in [-0.3, -0.25) is 9.10 Å². The maximum absolute atomic E-state index is 13.4. The molecular formula is C20H23ClN2O3S. The summed E-state index contributed by atoms with van der Waals surface area (Å²) in [6.07, 6.45) is 3.28. The summed E-state index contributed by atoms with van der Waals surface area (Å²) in [6, 6.07) is 13.5. The van der Waals surface area contributed by atoms with Gasteiger partial charge in [0.15, 0.2) is 0 Å². The van der Waals surface area contributed by atoms with Gasteiger partial charge in [-0.25, -0.2) is 8.42 Å². The van der Waals surface area contributed by atoms with E-state index in [1.54, 1.807) is 29.2 Å². The predicted octanol–water partition coefficient (Wildman–Crippen LogP) is 3.86. The third-order valence-electron chi connectivity index (χ3n) is 4.77. The van der Waals surface area contributed by atoms with E-state index in [1.807, 2.05) is 31.2 Å². The molecule has 0 radical (unpaired) electrons. The van der Waals surface area contributed by atoms with E-state index in [0.29, 0.717) is 23.7 Å². The van der Waals surface area contributed by atoms with Crippen molar-refractivity contribution in [2.24, 2.45) is 0 Å². The zero-order chi connectivity index (χ0) is 19.6. The fourth-order valence-electron chi connectivity index (χ4n) is 3.57. The standard InChI is InChI=1S/C20H23ClN2O3S/c1-3-18(23(27(2,25)26)17-12-10-16(21)11-13-17)20(24)22-14-6-8-15-7-4-5-9-19(15)22/h4-5,7,9-13,18H,3,6,8,14H2,1-2H3/t18-/m0/s1. The van der Waals surface area contributed by atoms with Crippen LogP contribution in [0.5, 0.6) is 0 Å². The van der Waals surface area contributed by atoms with Gasteiger partial charge < -0.3 is 4.90 Å². The zero-order valence-corrected chi connectivity index (χ0v) is 17.0. The molecule has 0 spiro atoms. The molecule has 3 rings (SSSR count). The van der Waals surface area contributed by atoms with Crippen molar-refractivity contribution in [2.75, 3.05) is 22.0 Å². The van der Waals surface area contributed by atoms with Crippen LogP contribution < -0.4 is 9.21 Å². The topological polar surface area (TPSA) is 57.7 Å². The number of hydrogen-bond donors (Lipinski definition) is 0. The highest BCUT2D eigenvalue weighted by molar-refractivity contribution is 7.92. The Morgan fingerprint density at radius 1 is 1.19 bits per heavy atom. The van der Waals surface area contributed by atoms with Crippen LogP contribution >= 0.6 is 11.6 Å². The lowest BCUT2D eigenvalue weighted by Gasteiger charge is -2.36. The molecule has 1 heterocycles. The lowest BCUT2D eigenvalue weighted by molar-refractivity contribution is -0.119. The first-order valence-corrected chi connectivity index (χ1v) is 11.2. The van der Waals surface area contributed by atoms with Crippen molar-refractivity contribution < 1.29 is 13.2 Å². The number of para-hydroxylation sites is 1. The molecule has 0 bridgehead atoms. The summed E-state index contributed by atoms with van der Waals surface area (Å²) < 4.78 is 26.4. The molecule has 0 saturated carbocycles. The van der Waals surface area contributed by atoms with E-state index in [2.05, 4.69) is 0 Å². The van der Waals surface area contributed by atoms with Gasteiger partial charge in [0.05, 0.1) is 11.9 Å². The fourth-order valence-corrected chi connectivity index (χ4v) is 4.91. The van der Waals surface area contributed by atoms with Gasteiger partial charge in [-0.15, -0.1) is 0 Å². The van der Waals surface area contributed by atoms with Crippen LogP contribution in [-0.4, -0.2) is 33.2 Å². The van der Waals surface area contributed by atoms with Gasteiger partial charge in [-0.05, 0) is 55.2 Å². The van der Waals surface area contributed by atoms with Crippen molar-refractivity contribution in [3.63, 3.8) is 0 Å². The number of hydrogen-bond acceptors (Lipinski definition) is 3. The molecule has 0 N–H and O–H groups in total. The van der Waals surface area contributed by atoms with Crippen molar-refractivity contribution in [1.29, 1.82) is 0 Å². The molecule has 0 saturated heterocycles. The van der Waals surface area contributed by atoms with Crippen molar-refractivity contribution in [3.05, 3.63) is 59.1 Å². The van der Waals surface area contributed by atoms with Crippen molar-refractivity contribution >= 4 is 38.9 Å². The Bertz CT molecular complexity index is 928. The Hall–Kier alpha value is -2.05. The van der Waals surface area contributed by atoms with Gasteiger partial charge in [0.2, 0.25) is 10.0 Å². The summed E-state index contributed by atoms with van der Waals surface area (Å²) in [7, 11) is -3.66. The molecule has 0 unspecified atom stereocenters. The Morgan fingerprint density at radius 3 is 2.48 bits per heavy atom. The Balaban J connectivity index is 2.01. The first-order valence-electron chi connectivity index (χ1n) is 8.97. The van der Waals surface area contributed by atoms with Crippen LogP contribution in [0.3, 0.4) is 0 Å². The maximum atomic E-state index is 13.4. The first kappa shape index (κ1) is 19.7. The molecule has 5 nitrogen and oxygen atoms in total. The van der Waals surface area contributed by atoms with Crippen molar-refractivity contribution in [1.82, 2.24) is 0 Å². The molecule has 1 aliphatic rings. The lowest BCUT2D eigenvalue weighted by Crippen LogP contribution is -2.52. The van der Waals surface area contributed by atoms with Crippen LogP contribution in [0.25, 0.3) is 0 Å². The Labute approximate surface area is 165 Å². The molecule has 1 atom stereocenters. The summed E-state index contributed by atoms with van der Waals surface area (Å²) >= 11 is 5.94. The molecule has 2 aromatic rings. The minimum Gasteiger partial charge on any atom is -0.310 e. The lowest BCUT2D eigenvalue weighted by atomic mass is 10.0. The monoisotopic (exact) mass is 406 g/mol. The number of nitrogens with zero attached hydrogens (tertiary/aromatic N) is 2. The molecule has 0 aromatic heterocycles. The first-order chi connectivity index (χ1) is 12.8. The van der Waals surface area contributed by atoms with Gasteiger partial charge in [0.25, 0.3) is 5.91 Å². The summed E-state index contributed by atoms with van der Waals surface area (Å²) in [4.78, 5) is 15.1. The number of fused-ring (bicyclic) bond motifs is 1. The fraction of sp³-hybridized carbons (Fsp3) is 0.350. The summed E-state index contributed by atoms with van der Waals surface area (Å²) in [5, 5.41) is 0.511. The minimum atomic E-state index is -3.66. The number of halogens is 1. The number of rotatable bonds is 5. The third kappa shape index (κ3) is 4.12.